The molecule has 2 N–H and O–H groups in total. The first-order chi connectivity index (χ1) is 9.19. The number of hydrogen-bond donors (Lipinski definition) is 2. The van der Waals surface area contributed by atoms with E-state index in [2.05, 4.69) is 10.6 Å². The van der Waals surface area contributed by atoms with Gasteiger partial charge >= 0.3 is 0 Å². The third-order valence-corrected chi connectivity index (χ3v) is 3.04. The lowest BCUT2D eigenvalue weighted by Crippen LogP contribution is -2.30. The maximum atomic E-state index is 11.1. The summed E-state index contributed by atoms with van der Waals surface area (Å²) < 4.78 is 10.8. The predicted molar refractivity (Wildman–Crippen MR) is 74.8 cm³/mol. The van der Waals surface area contributed by atoms with Crippen molar-refractivity contribution in [3.8, 4) is 5.75 Å². The number of rotatable bonds is 4. The largest absolute Gasteiger partial charge is 0.495 e. The van der Waals surface area contributed by atoms with Crippen molar-refractivity contribution < 1.29 is 14.3 Å². The molecule has 19 heavy (non-hydrogen) atoms. The van der Waals surface area contributed by atoms with Gasteiger partial charge in [-0.05, 0) is 31.0 Å². The maximum absolute atomic E-state index is 11.1. The van der Waals surface area contributed by atoms with Gasteiger partial charge in [0, 0.05) is 25.3 Å². The fourth-order valence-electron chi connectivity index (χ4n) is 2.18. The normalized spacial score (nSPS) is 18.7. The third-order valence-electron chi connectivity index (χ3n) is 3.04. The van der Waals surface area contributed by atoms with Crippen LogP contribution in [0.25, 0.3) is 0 Å². The van der Waals surface area contributed by atoms with Crippen molar-refractivity contribution in [2.75, 3.05) is 31.0 Å². The molecule has 1 aromatic rings. The van der Waals surface area contributed by atoms with Crippen molar-refractivity contribution >= 4 is 17.3 Å². The minimum Gasteiger partial charge on any atom is -0.495 e. The van der Waals surface area contributed by atoms with Crippen LogP contribution in [0, 0.1) is 0 Å². The van der Waals surface area contributed by atoms with Crippen molar-refractivity contribution in [1.29, 1.82) is 0 Å². The lowest BCUT2D eigenvalue weighted by Gasteiger charge is -2.25. The molecule has 5 nitrogen and oxygen atoms in total. The minimum atomic E-state index is -0.0860. The molecule has 1 fully saturated rings. The van der Waals surface area contributed by atoms with Gasteiger partial charge < -0.3 is 20.1 Å². The number of hydrogen-bond acceptors (Lipinski definition) is 4. The Balaban J connectivity index is 2.12. The molecule has 1 atom stereocenters. The van der Waals surface area contributed by atoms with Gasteiger partial charge in [-0.1, -0.05) is 0 Å². The van der Waals surface area contributed by atoms with E-state index < -0.39 is 0 Å². The summed E-state index contributed by atoms with van der Waals surface area (Å²) in [5, 5.41) is 6.18. The molecular formula is C14H20N2O3. The molecule has 0 aliphatic carbocycles. The van der Waals surface area contributed by atoms with Crippen LogP contribution in [0.5, 0.6) is 5.75 Å². The van der Waals surface area contributed by atoms with Gasteiger partial charge in [0.05, 0.1) is 19.4 Å². The lowest BCUT2D eigenvalue weighted by molar-refractivity contribution is -0.114. The first-order valence-corrected chi connectivity index (χ1v) is 6.49. The summed E-state index contributed by atoms with van der Waals surface area (Å²) in [6, 6.07) is 5.84. The van der Waals surface area contributed by atoms with Crippen LogP contribution in [-0.2, 0) is 9.53 Å². The van der Waals surface area contributed by atoms with E-state index in [1.165, 1.54) is 6.92 Å². The average molecular weight is 264 g/mol. The van der Waals surface area contributed by atoms with Crippen LogP contribution in [0.3, 0.4) is 0 Å². The number of carbonyl (C=O) groups excluding carboxylic acids is 1. The summed E-state index contributed by atoms with van der Waals surface area (Å²) >= 11 is 0. The summed E-state index contributed by atoms with van der Waals surface area (Å²) in [6.07, 6.45) is 2.14. The second kappa shape index (κ2) is 6.43. The Kier molecular flexibility index (Phi) is 4.63. The molecule has 1 aliphatic heterocycles. The molecule has 1 heterocycles. The highest BCUT2D eigenvalue weighted by molar-refractivity contribution is 5.89. The Hall–Kier alpha value is -1.75. The van der Waals surface area contributed by atoms with Gasteiger partial charge in [0.25, 0.3) is 0 Å². The SMILES string of the molecule is COc1ccc(NC(C)=O)cc1NC1CCCOC1. The van der Waals surface area contributed by atoms with Crippen molar-refractivity contribution in [1.82, 2.24) is 0 Å². The average Bonchev–Trinajstić information content (AvgIpc) is 2.39. The second-order valence-electron chi connectivity index (χ2n) is 4.65. The maximum Gasteiger partial charge on any atom is 0.221 e. The van der Waals surface area contributed by atoms with Crippen molar-refractivity contribution in [2.45, 2.75) is 25.8 Å². The molecule has 1 saturated heterocycles. The number of benzene rings is 1. The van der Waals surface area contributed by atoms with Crippen LogP contribution in [0.15, 0.2) is 18.2 Å². The molecule has 0 saturated carbocycles. The molecule has 0 radical (unpaired) electrons. The molecule has 2 rings (SSSR count). The van der Waals surface area contributed by atoms with Crippen LogP contribution >= 0.6 is 0 Å². The highest BCUT2D eigenvalue weighted by Gasteiger charge is 2.15. The van der Waals surface area contributed by atoms with Gasteiger partial charge in [0.2, 0.25) is 5.91 Å². The first kappa shape index (κ1) is 13.7. The van der Waals surface area contributed by atoms with Crippen LogP contribution in [0.1, 0.15) is 19.8 Å². The van der Waals surface area contributed by atoms with Gasteiger partial charge in [0.1, 0.15) is 5.75 Å². The molecule has 1 aliphatic rings. The highest BCUT2D eigenvalue weighted by Crippen LogP contribution is 2.29. The predicted octanol–water partition coefficient (Wildman–Crippen LogP) is 2.24. The number of nitrogens with one attached hydrogen (secondary N) is 2. The number of amides is 1. The van der Waals surface area contributed by atoms with E-state index in [0.29, 0.717) is 6.61 Å². The van der Waals surface area contributed by atoms with Crippen molar-refractivity contribution in [3.63, 3.8) is 0 Å². The Morgan fingerprint density at radius 2 is 2.32 bits per heavy atom. The Morgan fingerprint density at radius 3 is 2.95 bits per heavy atom. The summed E-state index contributed by atoms with van der Waals surface area (Å²) in [7, 11) is 1.63. The van der Waals surface area contributed by atoms with Gasteiger partial charge in [-0.25, -0.2) is 0 Å². The Morgan fingerprint density at radius 1 is 1.47 bits per heavy atom. The zero-order valence-electron chi connectivity index (χ0n) is 11.4. The molecule has 1 amide bonds. The molecular weight excluding hydrogens is 244 g/mol. The van der Waals surface area contributed by atoms with Gasteiger partial charge in [-0.15, -0.1) is 0 Å². The smallest absolute Gasteiger partial charge is 0.221 e. The zero-order chi connectivity index (χ0) is 13.7. The standard InChI is InChI=1S/C14H20N2O3/c1-10(17)15-11-5-6-14(18-2)13(8-11)16-12-4-3-7-19-9-12/h5-6,8,12,16H,3-4,7,9H2,1-2H3,(H,15,17). The topological polar surface area (TPSA) is 59.6 Å². The lowest BCUT2D eigenvalue weighted by atomic mass is 10.1. The fraction of sp³-hybridized carbons (Fsp3) is 0.500. The minimum absolute atomic E-state index is 0.0860. The molecule has 0 bridgehead atoms. The van der Waals surface area contributed by atoms with E-state index in [-0.39, 0.29) is 11.9 Å². The molecule has 1 unspecified atom stereocenters. The van der Waals surface area contributed by atoms with Crippen molar-refractivity contribution in [2.24, 2.45) is 0 Å². The summed E-state index contributed by atoms with van der Waals surface area (Å²) in [5.41, 5.74) is 1.64. The molecule has 5 heteroatoms. The van der Waals surface area contributed by atoms with E-state index in [1.54, 1.807) is 7.11 Å². The van der Waals surface area contributed by atoms with Crippen LogP contribution in [-0.4, -0.2) is 32.3 Å². The van der Waals surface area contributed by atoms with Crippen LogP contribution in [0.4, 0.5) is 11.4 Å². The number of carbonyl (C=O) groups is 1. The fourth-order valence-corrected chi connectivity index (χ4v) is 2.18. The summed E-state index contributed by atoms with van der Waals surface area (Å²) in [4.78, 5) is 11.1. The van der Waals surface area contributed by atoms with Crippen molar-refractivity contribution in [3.05, 3.63) is 18.2 Å². The number of methoxy groups -OCH3 is 1. The van der Waals surface area contributed by atoms with Gasteiger partial charge in [0.15, 0.2) is 0 Å². The van der Waals surface area contributed by atoms with E-state index in [4.69, 9.17) is 9.47 Å². The monoisotopic (exact) mass is 264 g/mol. The van der Waals surface area contributed by atoms with Gasteiger partial charge in [-0.2, -0.15) is 0 Å². The quantitative estimate of drug-likeness (QED) is 0.875. The summed E-state index contributed by atoms with van der Waals surface area (Å²) in [6.45, 7) is 3.03. The third kappa shape index (κ3) is 3.86. The molecule has 104 valence electrons. The van der Waals surface area contributed by atoms with E-state index >= 15 is 0 Å². The van der Waals surface area contributed by atoms with Crippen LogP contribution < -0.4 is 15.4 Å². The van der Waals surface area contributed by atoms with E-state index in [1.807, 2.05) is 18.2 Å². The zero-order valence-corrected chi connectivity index (χ0v) is 11.4. The van der Waals surface area contributed by atoms with Gasteiger partial charge in [-0.3, -0.25) is 4.79 Å². The highest BCUT2D eigenvalue weighted by atomic mass is 16.5. The second-order valence-corrected chi connectivity index (χ2v) is 4.65. The number of anilines is 2. The summed E-state index contributed by atoms with van der Waals surface area (Å²) in [5.74, 6) is 0.678. The molecule has 0 spiro atoms. The van der Waals surface area contributed by atoms with E-state index in [9.17, 15) is 4.79 Å². The van der Waals surface area contributed by atoms with Crippen LogP contribution in [0.2, 0.25) is 0 Å². The Labute approximate surface area is 113 Å². The first-order valence-electron chi connectivity index (χ1n) is 6.49. The number of ether oxygens (including phenoxy) is 2. The van der Waals surface area contributed by atoms with E-state index in [0.717, 1.165) is 36.6 Å². The molecule has 0 aromatic heterocycles. The Bertz CT molecular complexity index is 442. The molecule has 1 aromatic carbocycles.